The first-order valence-corrected chi connectivity index (χ1v) is 17.2. The van der Waals surface area contributed by atoms with E-state index in [2.05, 4.69) is 20.3 Å². The van der Waals surface area contributed by atoms with Crippen molar-refractivity contribution in [1.29, 1.82) is 0 Å². The molecule has 15 heteroatoms. The SMILES string of the molecule is COc1cc(OC)c(Cl)c(-c2cc3cnc(Nc4cccnc4)cc3n(C3CCN(C(=O)/C=C/C[N+](C)(C)CC4=C([N+](=O)[O-])N=CC4)CC3)c2=O)c1. The minimum Gasteiger partial charge on any atom is -0.497 e. The third-order valence-electron chi connectivity index (χ3n) is 9.27. The molecule has 1 N–H and O–H groups in total. The van der Waals surface area contributed by atoms with Gasteiger partial charge in [0.2, 0.25) is 5.91 Å². The molecule has 0 bridgehead atoms. The summed E-state index contributed by atoms with van der Waals surface area (Å²) >= 11 is 6.79. The maximum absolute atomic E-state index is 14.6. The number of hydrogen-bond acceptors (Lipinski definition) is 10. The van der Waals surface area contributed by atoms with Crippen molar-refractivity contribution in [2.75, 3.05) is 59.8 Å². The van der Waals surface area contributed by atoms with Crippen molar-refractivity contribution in [2.45, 2.75) is 25.3 Å². The standard InChI is InChI=1S/C37H39ClN8O6/c1-46(2,23-24-9-13-40-36(24)45(49)50)16-6-8-34(47)43-14-10-27(11-15-43)44-31-20-33(42-26-7-5-12-39-22-26)41-21-25(31)17-30(37(44)48)29-18-28(51-3)19-32(52-4)35(29)38/h5-8,12-13,17-22,27H,9-11,14-16,23H2,1-4H3/p+1/b8-6+. The predicted octanol–water partition coefficient (Wildman–Crippen LogP) is 5.63. The van der Waals surface area contributed by atoms with E-state index < -0.39 is 4.92 Å². The molecule has 14 nitrogen and oxygen atoms in total. The van der Waals surface area contributed by atoms with Crippen molar-refractivity contribution >= 4 is 46.1 Å². The smallest absolute Gasteiger partial charge is 0.368 e. The minimum atomic E-state index is -0.449. The van der Waals surface area contributed by atoms with E-state index in [-0.39, 0.29) is 28.4 Å². The van der Waals surface area contributed by atoms with Crippen LogP contribution in [0.25, 0.3) is 22.0 Å². The first-order chi connectivity index (χ1) is 25.0. The number of nitrogens with zero attached hydrogens (tertiary/aromatic N) is 7. The maximum Gasteiger partial charge on any atom is 0.368 e. The first-order valence-electron chi connectivity index (χ1n) is 16.8. The number of quaternary nitrogens is 1. The van der Waals surface area contributed by atoms with Crippen LogP contribution in [0.2, 0.25) is 5.02 Å². The van der Waals surface area contributed by atoms with Gasteiger partial charge in [-0.05, 0) is 48.1 Å². The molecule has 0 atom stereocenters. The number of methoxy groups -OCH3 is 2. The van der Waals surface area contributed by atoms with Gasteiger partial charge in [0.05, 0.1) is 62.9 Å². The molecule has 0 unspecified atom stereocenters. The predicted molar refractivity (Wildman–Crippen MR) is 200 cm³/mol. The highest BCUT2D eigenvalue weighted by Gasteiger charge is 2.29. The summed E-state index contributed by atoms with van der Waals surface area (Å²) in [5, 5.41) is 15.6. The van der Waals surface area contributed by atoms with Crippen LogP contribution in [-0.2, 0) is 4.79 Å². The van der Waals surface area contributed by atoms with Gasteiger partial charge in [0.1, 0.15) is 30.1 Å². The third kappa shape index (κ3) is 7.82. The summed E-state index contributed by atoms with van der Waals surface area (Å²) in [5.41, 5.74) is 2.72. The van der Waals surface area contributed by atoms with Crippen molar-refractivity contribution in [3.8, 4) is 22.6 Å². The number of carbonyl (C=O) groups excluding carboxylic acids is 1. The Morgan fingerprint density at radius 3 is 2.62 bits per heavy atom. The molecule has 0 aliphatic carbocycles. The maximum atomic E-state index is 14.6. The monoisotopic (exact) mass is 727 g/mol. The number of pyridine rings is 3. The zero-order valence-corrected chi connectivity index (χ0v) is 30.2. The fourth-order valence-electron chi connectivity index (χ4n) is 6.68. The number of carbonyl (C=O) groups is 1. The highest BCUT2D eigenvalue weighted by atomic mass is 35.5. The number of halogens is 1. The van der Waals surface area contributed by atoms with Crippen molar-refractivity contribution in [1.82, 2.24) is 19.4 Å². The van der Waals surface area contributed by atoms with Crippen LogP contribution < -0.4 is 20.3 Å². The number of nitro groups is 1. The van der Waals surface area contributed by atoms with Crippen molar-refractivity contribution in [3.05, 3.63) is 104 Å². The number of nitrogens with one attached hydrogen (secondary N) is 1. The lowest BCUT2D eigenvalue weighted by Gasteiger charge is -2.33. The summed E-state index contributed by atoms with van der Waals surface area (Å²) in [5.74, 6) is 1.21. The van der Waals surface area contributed by atoms with Crippen molar-refractivity contribution < 1.29 is 23.7 Å². The average Bonchev–Trinajstić information content (AvgIpc) is 3.60. The Hall–Kier alpha value is -5.60. The Kier molecular flexibility index (Phi) is 10.7. The van der Waals surface area contributed by atoms with Crippen LogP contribution in [0.4, 0.5) is 11.5 Å². The second-order valence-corrected chi connectivity index (χ2v) is 13.7. The summed E-state index contributed by atoms with van der Waals surface area (Å²) < 4.78 is 13.2. The molecule has 1 aromatic carbocycles. The fraction of sp³-hybridized carbons (Fsp3) is 0.324. The first kappa shape index (κ1) is 36.2. The van der Waals surface area contributed by atoms with Gasteiger partial charge in [-0.1, -0.05) is 16.6 Å². The summed E-state index contributed by atoms with van der Waals surface area (Å²) in [6.45, 7) is 1.84. The molecule has 5 heterocycles. The zero-order chi connectivity index (χ0) is 37.0. The lowest BCUT2D eigenvalue weighted by molar-refractivity contribution is -0.880. The Morgan fingerprint density at radius 2 is 1.92 bits per heavy atom. The van der Waals surface area contributed by atoms with E-state index in [0.717, 1.165) is 11.1 Å². The number of anilines is 2. The molecule has 4 aromatic rings. The van der Waals surface area contributed by atoms with Crippen LogP contribution in [0.3, 0.4) is 0 Å². The van der Waals surface area contributed by atoms with Gasteiger partial charge in [-0.3, -0.25) is 14.6 Å². The average molecular weight is 728 g/mol. The van der Waals surface area contributed by atoms with Gasteiger partial charge < -0.3 is 38.9 Å². The molecule has 1 fully saturated rings. The number of aromatic nitrogens is 3. The van der Waals surface area contributed by atoms with E-state index in [4.69, 9.17) is 21.1 Å². The van der Waals surface area contributed by atoms with E-state index in [1.54, 1.807) is 58.5 Å². The molecule has 52 heavy (non-hydrogen) atoms. The molecule has 1 amide bonds. The van der Waals surface area contributed by atoms with Crippen molar-refractivity contribution in [3.63, 3.8) is 0 Å². The number of likely N-dealkylation sites (tertiary alicyclic amines) is 1. The molecular formula is C37H40ClN8O6+. The molecule has 6 rings (SSSR count). The van der Waals surface area contributed by atoms with Crippen LogP contribution in [0.5, 0.6) is 11.5 Å². The van der Waals surface area contributed by atoms with E-state index in [1.807, 2.05) is 38.4 Å². The highest BCUT2D eigenvalue weighted by Crippen LogP contribution is 2.39. The number of rotatable bonds is 12. The molecule has 2 aliphatic rings. The van der Waals surface area contributed by atoms with E-state index in [9.17, 15) is 19.7 Å². The quantitative estimate of drug-likeness (QED) is 0.0846. The van der Waals surface area contributed by atoms with Crippen LogP contribution in [0.1, 0.15) is 25.3 Å². The summed E-state index contributed by atoms with van der Waals surface area (Å²) in [7, 11) is 6.96. The topological polar surface area (TPSA) is 154 Å². The van der Waals surface area contributed by atoms with Gasteiger partial charge in [-0.2, -0.15) is 0 Å². The van der Waals surface area contributed by atoms with Gasteiger partial charge in [-0.25, -0.2) is 4.98 Å². The van der Waals surface area contributed by atoms with Gasteiger partial charge in [0, 0.05) is 72.7 Å². The Labute approximate surface area is 305 Å². The molecular weight excluding hydrogens is 688 g/mol. The molecule has 0 spiro atoms. The summed E-state index contributed by atoms with van der Waals surface area (Å²) in [6.07, 6.45) is 11.6. The van der Waals surface area contributed by atoms with Crippen LogP contribution in [-0.4, -0.2) is 95.5 Å². The van der Waals surface area contributed by atoms with Crippen molar-refractivity contribution in [2.24, 2.45) is 4.99 Å². The number of aliphatic imine (C=N–C) groups is 1. The van der Waals surface area contributed by atoms with Gasteiger partial charge in [0.15, 0.2) is 0 Å². The fourth-order valence-corrected chi connectivity index (χ4v) is 6.97. The van der Waals surface area contributed by atoms with E-state index in [1.165, 1.54) is 14.2 Å². The number of likely N-dealkylation sites (N-methyl/N-ethyl adjacent to an activating group) is 1. The molecule has 2 aliphatic heterocycles. The van der Waals surface area contributed by atoms with Crippen LogP contribution >= 0.6 is 11.6 Å². The second-order valence-electron chi connectivity index (χ2n) is 13.4. The lowest BCUT2D eigenvalue weighted by atomic mass is 10.00. The third-order valence-corrected chi connectivity index (χ3v) is 9.66. The normalized spacial score (nSPS) is 15.1. The molecule has 3 aromatic heterocycles. The van der Waals surface area contributed by atoms with E-state index >= 15 is 0 Å². The lowest BCUT2D eigenvalue weighted by Crippen LogP contribution is -2.42. The van der Waals surface area contributed by atoms with E-state index in [0.29, 0.717) is 89.5 Å². The number of fused-ring (bicyclic) bond motifs is 1. The van der Waals surface area contributed by atoms with Gasteiger partial charge in [0.25, 0.3) is 5.56 Å². The number of ether oxygens (including phenoxy) is 2. The molecule has 0 saturated carbocycles. The number of piperidine rings is 1. The Bertz CT molecular complexity index is 2160. The Morgan fingerprint density at radius 1 is 1.13 bits per heavy atom. The van der Waals surface area contributed by atoms with Gasteiger partial charge >= 0.3 is 5.82 Å². The minimum absolute atomic E-state index is 0.0879. The molecule has 1 saturated heterocycles. The summed E-state index contributed by atoms with van der Waals surface area (Å²) in [6, 6.07) is 10.5. The van der Waals surface area contributed by atoms with Crippen LogP contribution in [0.15, 0.2) is 88.3 Å². The molecule has 270 valence electrons. The number of benzene rings is 1. The molecule has 0 radical (unpaired) electrons. The Balaban J connectivity index is 1.26. The zero-order valence-electron chi connectivity index (χ0n) is 29.4. The largest absolute Gasteiger partial charge is 0.497 e. The van der Waals surface area contributed by atoms with Crippen LogP contribution in [0, 0.1) is 10.1 Å². The summed E-state index contributed by atoms with van der Waals surface area (Å²) in [4.78, 5) is 53.2. The number of hydrogen-bond donors (Lipinski definition) is 1. The second kappa shape index (κ2) is 15.3. The van der Waals surface area contributed by atoms with Gasteiger partial charge in [-0.15, -0.1) is 0 Å². The highest BCUT2D eigenvalue weighted by molar-refractivity contribution is 6.35. The number of amides is 1.